The van der Waals surface area contributed by atoms with Crippen LogP contribution >= 0.6 is 11.6 Å². The van der Waals surface area contributed by atoms with Crippen molar-refractivity contribution in [1.29, 1.82) is 0 Å². The number of rotatable bonds is 3. The molecule has 0 saturated carbocycles. The first-order valence-corrected chi connectivity index (χ1v) is 7.54. The molecule has 116 valence electrons. The second-order valence-corrected chi connectivity index (χ2v) is 5.67. The number of aryl methyl sites for hydroxylation is 1. The third-order valence-electron chi connectivity index (χ3n) is 3.65. The summed E-state index contributed by atoms with van der Waals surface area (Å²) in [4.78, 5) is 8.61. The van der Waals surface area contributed by atoms with Crippen molar-refractivity contribution in [3.05, 3.63) is 70.6 Å². The fourth-order valence-electron chi connectivity index (χ4n) is 2.26. The highest BCUT2D eigenvalue weighted by atomic mass is 35.5. The van der Waals surface area contributed by atoms with Gasteiger partial charge in [0.2, 0.25) is 0 Å². The average molecular weight is 328 g/mol. The van der Waals surface area contributed by atoms with Crippen LogP contribution in [0.1, 0.15) is 11.1 Å². The summed E-state index contributed by atoms with van der Waals surface area (Å²) in [5, 5.41) is 3.55. The van der Waals surface area contributed by atoms with Gasteiger partial charge in [-0.3, -0.25) is 0 Å². The molecule has 23 heavy (non-hydrogen) atoms. The van der Waals surface area contributed by atoms with Gasteiger partial charge in [-0.05, 0) is 43.2 Å². The topological polar surface area (TPSA) is 37.8 Å². The number of halogens is 2. The van der Waals surface area contributed by atoms with Gasteiger partial charge in [0.25, 0.3) is 0 Å². The van der Waals surface area contributed by atoms with Gasteiger partial charge in [-0.25, -0.2) is 14.4 Å². The number of nitrogens with zero attached hydrogens (tertiary/aromatic N) is 2. The van der Waals surface area contributed by atoms with Crippen LogP contribution in [0, 0.1) is 19.7 Å². The fraction of sp³-hybridized carbons (Fsp3) is 0.111. The highest BCUT2D eigenvalue weighted by molar-refractivity contribution is 6.29. The van der Waals surface area contributed by atoms with E-state index >= 15 is 0 Å². The lowest BCUT2D eigenvalue weighted by molar-refractivity contribution is 0.628. The Bertz CT molecular complexity index is 865. The van der Waals surface area contributed by atoms with Gasteiger partial charge in [0.05, 0.1) is 0 Å². The second-order valence-electron chi connectivity index (χ2n) is 5.28. The van der Waals surface area contributed by atoms with Gasteiger partial charge in [0.1, 0.15) is 16.8 Å². The molecule has 2 aromatic carbocycles. The van der Waals surface area contributed by atoms with E-state index in [0.29, 0.717) is 22.4 Å². The van der Waals surface area contributed by atoms with Gasteiger partial charge in [-0.15, -0.1) is 0 Å². The molecule has 0 radical (unpaired) electrons. The number of hydrogen-bond donors (Lipinski definition) is 1. The predicted octanol–water partition coefficient (Wildman–Crippen LogP) is 5.30. The van der Waals surface area contributed by atoms with Crippen molar-refractivity contribution in [2.24, 2.45) is 0 Å². The van der Waals surface area contributed by atoms with E-state index in [-0.39, 0.29) is 5.82 Å². The molecule has 1 aromatic heterocycles. The molecule has 0 unspecified atom stereocenters. The molecule has 5 heteroatoms. The van der Waals surface area contributed by atoms with Crippen molar-refractivity contribution in [1.82, 2.24) is 9.97 Å². The van der Waals surface area contributed by atoms with E-state index in [1.807, 2.05) is 32.0 Å². The minimum absolute atomic E-state index is 0.298. The molecule has 0 atom stereocenters. The lowest BCUT2D eigenvalue weighted by Crippen LogP contribution is -2.00. The van der Waals surface area contributed by atoms with Crippen molar-refractivity contribution < 1.29 is 4.39 Å². The van der Waals surface area contributed by atoms with Crippen LogP contribution in [0.3, 0.4) is 0 Å². The summed E-state index contributed by atoms with van der Waals surface area (Å²) in [6.45, 7) is 4.08. The van der Waals surface area contributed by atoms with Crippen LogP contribution in [-0.4, -0.2) is 9.97 Å². The molecule has 0 spiro atoms. The molecule has 0 amide bonds. The van der Waals surface area contributed by atoms with Gasteiger partial charge in [-0.2, -0.15) is 0 Å². The maximum absolute atomic E-state index is 13.4. The summed E-state index contributed by atoms with van der Waals surface area (Å²) in [5.74, 6) is 0.609. The van der Waals surface area contributed by atoms with Gasteiger partial charge >= 0.3 is 0 Å². The minimum Gasteiger partial charge on any atom is -0.340 e. The summed E-state index contributed by atoms with van der Waals surface area (Å²) in [7, 11) is 0. The quantitative estimate of drug-likeness (QED) is 0.664. The Balaban J connectivity index is 1.99. The summed E-state index contributed by atoms with van der Waals surface area (Å²) in [6, 6.07) is 13.8. The summed E-state index contributed by atoms with van der Waals surface area (Å²) >= 11 is 6.09. The number of nitrogens with one attached hydrogen (secondary N) is 1. The third-order valence-corrected chi connectivity index (χ3v) is 3.84. The third kappa shape index (κ3) is 3.48. The molecule has 1 heterocycles. The van der Waals surface area contributed by atoms with E-state index in [0.717, 1.165) is 11.3 Å². The monoisotopic (exact) mass is 327 g/mol. The summed E-state index contributed by atoms with van der Waals surface area (Å²) < 4.78 is 13.4. The van der Waals surface area contributed by atoms with Gasteiger partial charge in [0.15, 0.2) is 5.82 Å². The van der Waals surface area contributed by atoms with E-state index in [9.17, 15) is 4.39 Å². The van der Waals surface area contributed by atoms with Crippen molar-refractivity contribution in [2.45, 2.75) is 13.8 Å². The number of hydrogen-bond acceptors (Lipinski definition) is 3. The van der Waals surface area contributed by atoms with Gasteiger partial charge < -0.3 is 5.32 Å². The number of benzene rings is 2. The zero-order valence-corrected chi connectivity index (χ0v) is 13.5. The van der Waals surface area contributed by atoms with Gasteiger partial charge in [-0.1, -0.05) is 35.9 Å². The summed E-state index contributed by atoms with van der Waals surface area (Å²) in [6.07, 6.45) is 0. The van der Waals surface area contributed by atoms with E-state index in [1.54, 1.807) is 18.2 Å². The molecule has 0 aliphatic rings. The molecular formula is C18H15ClFN3. The maximum atomic E-state index is 13.4. The Morgan fingerprint density at radius 3 is 2.57 bits per heavy atom. The highest BCUT2D eigenvalue weighted by Gasteiger charge is 2.08. The normalized spacial score (nSPS) is 10.6. The standard InChI is InChI=1S/C18H15ClFN3/c1-11-5-3-8-15(12(11)2)21-17-10-16(19)22-18(23-17)13-6-4-7-14(20)9-13/h3-10H,1-2H3,(H,21,22,23). The van der Waals surface area contributed by atoms with Gasteiger partial charge in [0, 0.05) is 17.3 Å². The Morgan fingerprint density at radius 1 is 1.00 bits per heavy atom. The first-order chi connectivity index (χ1) is 11.0. The van der Waals surface area contributed by atoms with Crippen molar-refractivity contribution in [3.63, 3.8) is 0 Å². The lowest BCUT2D eigenvalue weighted by Gasteiger charge is -2.12. The minimum atomic E-state index is -0.338. The predicted molar refractivity (Wildman–Crippen MR) is 91.6 cm³/mol. The van der Waals surface area contributed by atoms with Crippen LogP contribution in [0.15, 0.2) is 48.5 Å². The van der Waals surface area contributed by atoms with Crippen molar-refractivity contribution in [3.8, 4) is 11.4 Å². The molecule has 0 fully saturated rings. The SMILES string of the molecule is Cc1cccc(Nc2cc(Cl)nc(-c3cccc(F)c3)n2)c1C. The molecule has 0 saturated heterocycles. The Hall–Kier alpha value is -2.46. The largest absolute Gasteiger partial charge is 0.340 e. The Morgan fingerprint density at radius 2 is 1.78 bits per heavy atom. The van der Waals surface area contributed by atoms with Crippen LogP contribution in [0.4, 0.5) is 15.9 Å². The Labute approximate surface area is 139 Å². The first-order valence-electron chi connectivity index (χ1n) is 7.17. The van der Waals surface area contributed by atoms with E-state index < -0.39 is 0 Å². The molecule has 0 bridgehead atoms. The molecule has 0 aliphatic carbocycles. The average Bonchev–Trinajstić information content (AvgIpc) is 2.51. The zero-order valence-electron chi connectivity index (χ0n) is 12.8. The fourth-order valence-corrected chi connectivity index (χ4v) is 2.45. The molecule has 1 N–H and O–H groups in total. The maximum Gasteiger partial charge on any atom is 0.163 e. The van der Waals surface area contributed by atoms with Crippen LogP contribution < -0.4 is 5.32 Å². The number of anilines is 2. The van der Waals surface area contributed by atoms with E-state index in [2.05, 4.69) is 15.3 Å². The first kappa shape index (κ1) is 15.4. The lowest BCUT2D eigenvalue weighted by atomic mass is 10.1. The summed E-state index contributed by atoms with van der Waals surface area (Å²) in [5.41, 5.74) is 3.84. The zero-order chi connectivity index (χ0) is 16.4. The Kier molecular flexibility index (Phi) is 4.26. The van der Waals surface area contributed by atoms with Crippen molar-refractivity contribution >= 4 is 23.1 Å². The highest BCUT2D eigenvalue weighted by Crippen LogP contribution is 2.25. The number of aromatic nitrogens is 2. The second kappa shape index (κ2) is 6.34. The van der Waals surface area contributed by atoms with Crippen LogP contribution in [0.5, 0.6) is 0 Å². The van der Waals surface area contributed by atoms with E-state index in [1.165, 1.54) is 17.7 Å². The molecule has 0 aliphatic heterocycles. The van der Waals surface area contributed by atoms with E-state index in [4.69, 9.17) is 11.6 Å². The van der Waals surface area contributed by atoms with Crippen LogP contribution in [-0.2, 0) is 0 Å². The molecule has 3 rings (SSSR count). The van der Waals surface area contributed by atoms with Crippen LogP contribution in [0.25, 0.3) is 11.4 Å². The molecule has 3 aromatic rings. The van der Waals surface area contributed by atoms with Crippen molar-refractivity contribution in [2.75, 3.05) is 5.32 Å². The van der Waals surface area contributed by atoms with Crippen LogP contribution in [0.2, 0.25) is 5.15 Å². The smallest absolute Gasteiger partial charge is 0.163 e. The molecule has 3 nitrogen and oxygen atoms in total. The molecular weight excluding hydrogens is 313 g/mol.